The molecule has 1 N–H and O–H groups in total. The molecule has 2 bridgehead atoms. The average Bonchev–Trinajstić information content (AvgIpc) is 3.10. The van der Waals surface area contributed by atoms with Gasteiger partial charge in [-0.05, 0) is 30.2 Å². The van der Waals surface area contributed by atoms with Crippen molar-refractivity contribution < 1.29 is 9.85 Å². The predicted molar refractivity (Wildman–Crippen MR) is 85.3 cm³/mol. The van der Waals surface area contributed by atoms with Crippen molar-refractivity contribution >= 4 is 23.3 Å². The molecule has 4 atom stereocenters. The largest absolute Gasteiger partial charge is 0.301 e. The summed E-state index contributed by atoms with van der Waals surface area (Å²) in [6, 6.07) is 3.45. The summed E-state index contributed by atoms with van der Waals surface area (Å²) in [6.45, 7) is 2.18. The van der Waals surface area contributed by atoms with Crippen LogP contribution in [0.5, 0.6) is 0 Å². The van der Waals surface area contributed by atoms with Crippen LogP contribution in [0.1, 0.15) is 13.3 Å². The van der Waals surface area contributed by atoms with Crippen molar-refractivity contribution in [3.63, 3.8) is 0 Å². The first-order valence-corrected chi connectivity index (χ1v) is 7.37. The van der Waals surface area contributed by atoms with E-state index in [2.05, 4.69) is 29.6 Å². The Hall–Kier alpha value is -2.77. The zero-order chi connectivity index (χ0) is 16.6. The van der Waals surface area contributed by atoms with Gasteiger partial charge in [0.05, 0.1) is 15.9 Å². The number of fused-ring (bicyclic) bond motifs is 2. The first-order chi connectivity index (χ1) is 11.0. The third kappa shape index (κ3) is 2.79. The number of hydrazone groups is 1. The summed E-state index contributed by atoms with van der Waals surface area (Å²) in [4.78, 5) is 20.4. The fourth-order valence-electron chi connectivity index (χ4n) is 3.43. The van der Waals surface area contributed by atoms with Crippen molar-refractivity contribution in [2.24, 2.45) is 28.8 Å². The molecule has 0 saturated heterocycles. The zero-order valence-electron chi connectivity index (χ0n) is 12.5. The topological polar surface area (TPSA) is 111 Å². The van der Waals surface area contributed by atoms with Gasteiger partial charge in [0.1, 0.15) is 5.69 Å². The van der Waals surface area contributed by atoms with Gasteiger partial charge < -0.3 is 0 Å². The highest BCUT2D eigenvalue weighted by Crippen LogP contribution is 2.46. The smallest absolute Gasteiger partial charge is 0.272 e. The number of anilines is 1. The van der Waals surface area contributed by atoms with Crippen molar-refractivity contribution in [2.45, 2.75) is 13.3 Å². The van der Waals surface area contributed by atoms with E-state index >= 15 is 0 Å². The molecule has 0 radical (unpaired) electrons. The number of benzene rings is 1. The molecule has 2 aliphatic rings. The number of nitrogens with one attached hydrogen (secondary N) is 1. The van der Waals surface area contributed by atoms with Gasteiger partial charge in [0.25, 0.3) is 5.69 Å². The van der Waals surface area contributed by atoms with Crippen LogP contribution in [0, 0.1) is 43.9 Å². The second kappa shape index (κ2) is 5.79. The highest BCUT2D eigenvalue weighted by atomic mass is 16.6. The van der Waals surface area contributed by atoms with Crippen LogP contribution < -0.4 is 5.43 Å². The zero-order valence-corrected chi connectivity index (χ0v) is 12.5. The van der Waals surface area contributed by atoms with Crippen LogP contribution in [0.2, 0.25) is 0 Å². The Kier molecular flexibility index (Phi) is 3.81. The Labute approximate surface area is 132 Å². The molecule has 1 aromatic rings. The fourth-order valence-corrected chi connectivity index (χ4v) is 3.43. The quantitative estimate of drug-likeness (QED) is 0.387. The molecule has 0 aromatic heterocycles. The summed E-state index contributed by atoms with van der Waals surface area (Å²) in [6.07, 6.45) is 7.38. The second-order valence-corrected chi connectivity index (χ2v) is 5.99. The molecular formula is C15H16N4O4. The maximum atomic E-state index is 11.1. The number of allylic oxidation sites excluding steroid dienone is 2. The Bertz CT molecular complexity index is 715. The van der Waals surface area contributed by atoms with Crippen LogP contribution in [-0.2, 0) is 0 Å². The number of nitro groups is 2. The molecule has 1 saturated carbocycles. The highest BCUT2D eigenvalue weighted by Gasteiger charge is 2.40. The first-order valence-electron chi connectivity index (χ1n) is 7.37. The lowest BCUT2D eigenvalue weighted by Crippen LogP contribution is -2.18. The second-order valence-electron chi connectivity index (χ2n) is 5.99. The van der Waals surface area contributed by atoms with Gasteiger partial charge in [0.15, 0.2) is 0 Å². The average molecular weight is 316 g/mol. The van der Waals surface area contributed by atoms with E-state index in [1.54, 1.807) is 6.21 Å². The molecule has 0 spiro atoms. The molecule has 3 rings (SSSR count). The van der Waals surface area contributed by atoms with Crippen molar-refractivity contribution in [3.8, 4) is 0 Å². The van der Waals surface area contributed by atoms with Gasteiger partial charge in [-0.2, -0.15) is 5.10 Å². The summed E-state index contributed by atoms with van der Waals surface area (Å²) < 4.78 is 0. The Balaban J connectivity index is 1.75. The molecule has 0 aliphatic heterocycles. The summed E-state index contributed by atoms with van der Waals surface area (Å²) in [5.41, 5.74) is 2.11. The molecule has 23 heavy (non-hydrogen) atoms. The monoisotopic (exact) mass is 316 g/mol. The molecule has 1 fully saturated rings. The Morgan fingerprint density at radius 1 is 1.22 bits per heavy atom. The van der Waals surface area contributed by atoms with Crippen LogP contribution in [0.3, 0.4) is 0 Å². The van der Waals surface area contributed by atoms with Crippen LogP contribution in [0.25, 0.3) is 0 Å². The summed E-state index contributed by atoms with van der Waals surface area (Å²) in [7, 11) is 0. The van der Waals surface area contributed by atoms with Crippen molar-refractivity contribution in [2.75, 3.05) is 5.43 Å². The van der Waals surface area contributed by atoms with Crippen LogP contribution in [-0.4, -0.2) is 16.1 Å². The van der Waals surface area contributed by atoms with E-state index in [-0.39, 0.29) is 17.1 Å². The summed E-state index contributed by atoms with van der Waals surface area (Å²) >= 11 is 0. The van der Waals surface area contributed by atoms with Crippen LogP contribution in [0.4, 0.5) is 17.1 Å². The van der Waals surface area contributed by atoms with Gasteiger partial charge in [-0.25, -0.2) is 0 Å². The molecular weight excluding hydrogens is 300 g/mol. The van der Waals surface area contributed by atoms with Gasteiger partial charge in [-0.3, -0.25) is 25.7 Å². The molecule has 0 amide bonds. The van der Waals surface area contributed by atoms with Crippen molar-refractivity contribution in [1.82, 2.24) is 0 Å². The maximum absolute atomic E-state index is 11.1. The van der Waals surface area contributed by atoms with Crippen LogP contribution in [0.15, 0.2) is 35.5 Å². The standard InChI is InChI=1S/C15H16N4O4/c1-9-10-2-3-11(6-10)13(9)8-16-17-14-5-4-12(18(20)21)7-15(14)19(22)23/h2-5,7-11,13,17H,6H2,1H3/b16-8+/t9-,10+,11-,13+/m1/s1. The first kappa shape index (κ1) is 15.1. The number of nitro benzene ring substituents is 2. The number of rotatable bonds is 5. The number of hydrogen-bond donors (Lipinski definition) is 1. The molecule has 0 heterocycles. The summed E-state index contributed by atoms with van der Waals surface area (Å²) in [5.74, 6) is 1.88. The number of non-ortho nitro benzene ring substituents is 1. The fraction of sp³-hybridized carbons (Fsp3) is 0.400. The van der Waals surface area contributed by atoms with Crippen LogP contribution >= 0.6 is 0 Å². The van der Waals surface area contributed by atoms with Gasteiger partial charge in [0.2, 0.25) is 0 Å². The Morgan fingerprint density at radius 3 is 2.57 bits per heavy atom. The van der Waals surface area contributed by atoms with Gasteiger partial charge in [-0.15, -0.1) is 0 Å². The van der Waals surface area contributed by atoms with Gasteiger partial charge in [0, 0.05) is 18.2 Å². The lowest BCUT2D eigenvalue weighted by Gasteiger charge is -2.20. The van der Waals surface area contributed by atoms with E-state index in [4.69, 9.17) is 0 Å². The van der Waals surface area contributed by atoms with E-state index in [1.807, 2.05) is 0 Å². The predicted octanol–water partition coefficient (Wildman–Crippen LogP) is 3.36. The van der Waals surface area contributed by atoms with E-state index < -0.39 is 9.85 Å². The lowest BCUT2D eigenvalue weighted by molar-refractivity contribution is -0.393. The van der Waals surface area contributed by atoms with Crippen molar-refractivity contribution in [1.29, 1.82) is 0 Å². The normalized spacial score (nSPS) is 28.4. The number of nitrogens with zero attached hydrogens (tertiary/aromatic N) is 3. The number of hydrogen-bond acceptors (Lipinski definition) is 6. The van der Waals surface area contributed by atoms with E-state index in [9.17, 15) is 20.2 Å². The van der Waals surface area contributed by atoms with Gasteiger partial charge in [-0.1, -0.05) is 19.1 Å². The third-order valence-electron chi connectivity index (χ3n) is 4.75. The molecule has 8 nitrogen and oxygen atoms in total. The van der Waals surface area contributed by atoms with Gasteiger partial charge >= 0.3 is 5.69 Å². The van der Waals surface area contributed by atoms with E-state index in [0.717, 1.165) is 12.5 Å². The van der Waals surface area contributed by atoms with Crippen molar-refractivity contribution in [3.05, 3.63) is 50.6 Å². The summed E-state index contributed by atoms with van der Waals surface area (Å²) in [5, 5.41) is 25.9. The molecule has 120 valence electrons. The third-order valence-corrected chi connectivity index (χ3v) is 4.75. The minimum absolute atomic E-state index is 0.142. The van der Waals surface area contributed by atoms with E-state index in [1.165, 1.54) is 12.1 Å². The Morgan fingerprint density at radius 2 is 1.96 bits per heavy atom. The minimum atomic E-state index is -0.663. The molecule has 0 unspecified atom stereocenters. The highest BCUT2D eigenvalue weighted by molar-refractivity contribution is 5.69. The lowest BCUT2D eigenvalue weighted by atomic mass is 9.85. The van der Waals surface area contributed by atoms with E-state index in [0.29, 0.717) is 23.7 Å². The SMILES string of the molecule is C[C@H]1[C@H](/C=N/Nc2ccc([N+](=O)[O-])cc2[N+](=O)[O-])[C@@H]2C=C[C@H]1C2. The molecule has 2 aliphatic carbocycles. The minimum Gasteiger partial charge on any atom is -0.272 e. The molecule has 1 aromatic carbocycles. The molecule has 8 heteroatoms. The maximum Gasteiger partial charge on any atom is 0.301 e.